The molecule has 0 aliphatic heterocycles. The topological polar surface area (TPSA) is 42.7 Å². The maximum absolute atomic E-state index is 3.72. The lowest BCUT2D eigenvalue weighted by Crippen LogP contribution is -1.89. The zero-order valence-corrected chi connectivity index (χ0v) is 6.00. The first-order chi connectivity index (χ1) is 4.31. The maximum atomic E-state index is 3.72. The van der Waals surface area contributed by atoms with Crippen LogP contribution in [0.4, 0.5) is 0 Å². The van der Waals surface area contributed by atoms with E-state index in [0.29, 0.717) is 0 Å². The summed E-state index contributed by atoms with van der Waals surface area (Å²) in [5.74, 6) is 0. The van der Waals surface area contributed by atoms with Crippen molar-refractivity contribution in [3.05, 3.63) is 12.7 Å². The highest BCUT2D eigenvalue weighted by Crippen LogP contribution is 1.64. The number of aryl methyl sites for hydroxylation is 1. The summed E-state index contributed by atoms with van der Waals surface area (Å²) in [4.78, 5) is 3.67. The summed E-state index contributed by atoms with van der Waals surface area (Å²) >= 11 is 0. The Kier molecular flexibility index (Phi) is 4.72. The molecule has 0 aliphatic carbocycles. The molecule has 9 heavy (non-hydrogen) atoms. The highest BCUT2D eigenvalue weighted by molar-refractivity contribution is 4.49. The van der Waals surface area contributed by atoms with Gasteiger partial charge in [0.15, 0.2) is 0 Å². The second-order valence-corrected chi connectivity index (χ2v) is 1.57. The van der Waals surface area contributed by atoms with E-state index in [-0.39, 0.29) is 0 Å². The van der Waals surface area contributed by atoms with Crippen LogP contribution < -0.4 is 5.32 Å². The van der Waals surface area contributed by atoms with Gasteiger partial charge in [0, 0.05) is 7.05 Å². The molecule has 0 saturated heterocycles. The van der Waals surface area contributed by atoms with Crippen LogP contribution in [0.3, 0.4) is 0 Å². The van der Waals surface area contributed by atoms with Gasteiger partial charge >= 0.3 is 0 Å². The van der Waals surface area contributed by atoms with Gasteiger partial charge in [0.2, 0.25) is 0 Å². The number of aromatic nitrogens is 3. The Balaban J connectivity index is 0.000000187. The van der Waals surface area contributed by atoms with E-state index in [9.17, 15) is 0 Å². The average molecular weight is 128 g/mol. The molecule has 1 aromatic heterocycles. The second-order valence-electron chi connectivity index (χ2n) is 1.57. The quantitative estimate of drug-likeness (QED) is 0.519. The Hall–Kier alpha value is -0.900. The lowest BCUT2D eigenvalue weighted by Gasteiger charge is -1.74. The van der Waals surface area contributed by atoms with Crippen molar-refractivity contribution >= 4 is 0 Å². The molecule has 0 spiro atoms. The van der Waals surface area contributed by atoms with E-state index in [1.807, 2.05) is 21.1 Å². The predicted octanol–water partition coefficient (Wildman–Crippen LogP) is -0.349. The van der Waals surface area contributed by atoms with Gasteiger partial charge in [-0.3, -0.25) is 4.68 Å². The lowest BCUT2D eigenvalue weighted by molar-refractivity contribution is 0.765. The van der Waals surface area contributed by atoms with Crippen molar-refractivity contribution in [2.45, 2.75) is 0 Å². The molecule has 0 bridgehead atoms. The molecule has 0 saturated carbocycles. The fourth-order valence-electron chi connectivity index (χ4n) is 0.267. The first kappa shape index (κ1) is 8.10. The van der Waals surface area contributed by atoms with Gasteiger partial charge in [-0.05, 0) is 14.1 Å². The van der Waals surface area contributed by atoms with Crippen LogP contribution in [0.5, 0.6) is 0 Å². The number of hydrogen-bond donors (Lipinski definition) is 1. The SMILES string of the molecule is CNC.Cn1cncn1. The summed E-state index contributed by atoms with van der Waals surface area (Å²) < 4.78 is 1.64. The fourth-order valence-corrected chi connectivity index (χ4v) is 0.267. The normalized spacial score (nSPS) is 7.89. The Bertz CT molecular complexity index is 124. The van der Waals surface area contributed by atoms with Crippen molar-refractivity contribution in [2.24, 2.45) is 7.05 Å². The van der Waals surface area contributed by atoms with Crippen molar-refractivity contribution in [1.82, 2.24) is 20.1 Å². The largest absolute Gasteiger partial charge is 0.323 e. The van der Waals surface area contributed by atoms with Gasteiger partial charge < -0.3 is 5.32 Å². The third-order valence-corrected chi connectivity index (χ3v) is 0.534. The summed E-state index contributed by atoms with van der Waals surface area (Å²) in [6, 6.07) is 0. The summed E-state index contributed by atoms with van der Waals surface area (Å²) in [7, 11) is 5.58. The van der Waals surface area contributed by atoms with Crippen molar-refractivity contribution in [2.75, 3.05) is 14.1 Å². The summed E-state index contributed by atoms with van der Waals surface area (Å²) in [6.07, 6.45) is 3.14. The van der Waals surface area contributed by atoms with E-state index < -0.39 is 0 Å². The van der Waals surface area contributed by atoms with Crippen LogP contribution in [0.25, 0.3) is 0 Å². The van der Waals surface area contributed by atoms with E-state index in [2.05, 4.69) is 15.4 Å². The van der Waals surface area contributed by atoms with E-state index in [4.69, 9.17) is 0 Å². The van der Waals surface area contributed by atoms with Crippen LogP contribution in [0.1, 0.15) is 0 Å². The van der Waals surface area contributed by atoms with Crippen LogP contribution in [0.15, 0.2) is 12.7 Å². The molecule has 0 amide bonds. The highest BCUT2D eigenvalue weighted by Gasteiger charge is 1.70. The monoisotopic (exact) mass is 128 g/mol. The van der Waals surface area contributed by atoms with Crippen LogP contribution in [0, 0.1) is 0 Å². The molecule has 52 valence electrons. The van der Waals surface area contributed by atoms with Crippen molar-refractivity contribution < 1.29 is 0 Å². The lowest BCUT2D eigenvalue weighted by atomic mass is 11.2. The minimum Gasteiger partial charge on any atom is -0.323 e. The van der Waals surface area contributed by atoms with E-state index >= 15 is 0 Å². The predicted molar refractivity (Wildman–Crippen MR) is 36.0 cm³/mol. The first-order valence-electron chi connectivity index (χ1n) is 2.68. The van der Waals surface area contributed by atoms with Crippen LogP contribution in [0.2, 0.25) is 0 Å². The molecule has 0 atom stereocenters. The van der Waals surface area contributed by atoms with E-state index in [1.54, 1.807) is 11.0 Å². The highest BCUT2D eigenvalue weighted by atomic mass is 15.3. The van der Waals surface area contributed by atoms with Crippen LogP contribution in [-0.2, 0) is 7.05 Å². The molecule has 4 nitrogen and oxygen atoms in total. The number of nitrogens with one attached hydrogen (secondary N) is 1. The van der Waals surface area contributed by atoms with Gasteiger partial charge in [-0.1, -0.05) is 0 Å². The van der Waals surface area contributed by atoms with Gasteiger partial charge in [-0.15, -0.1) is 0 Å². The fraction of sp³-hybridized carbons (Fsp3) is 0.600. The minimum absolute atomic E-state index is 1.50. The third kappa shape index (κ3) is 4.96. The summed E-state index contributed by atoms with van der Waals surface area (Å²) in [5, 5.41) is 6.47. The standard InChI is InChI=1S/C3H5N3.C2H7N/c1-6-3-4-2-5-6;1-3-2/h2-3H,1H3;3H,1-2H3. The molecule has 0 radical (unpaired) electrons. The van der Waals surface area contributed by atoms with Crippen molar-refractivity contribution in [3.8, 4) is 0 Å². The maximum Gasteiger partial charge on any atom is 0.137 e. The summed E-state index contributed by atoms with van der Waals surface area (Å²) in [6.45, 7) is 0. The van der Waals surface area contributed by atoms with Crippen LogP contribution >= 0.6 is 0 Å². The zero-order chi connectivity index (χ0) is 7.11. The van der Waals surface area contributed by atoms with Crippen molar-refractivity contribution in [3.63, 3.8) is 0 Å². The number of nitrogens with zero attached hydrogens (tertiary/aromatic N) is 3. The molecule has 1 rings (SSSR count). The minimum atomic E-state index is 1.50. The first-order valence-corrected chi connectivity index (χ1v) is 2.68. The number of hydrogen-bond acceptors (Lipinski definition) is 3. The second kappa shape index (κ2) is 5.24. The Morgan fingerprint density at radius 3 is 2.11 bits per heavy atom. The van der Waals surface area contributed by atoms with Gasteiger partial charge in [-0.2, -0.15) is 5.10 Å². The molecule has 0 fully saturated rings. The molecule has 0 aromatic carbocycles. The molecular weight excluding hydrogens is 116 g/mol. The molecule has 0 aliphatic rings. The van der Waals surface area contributed by atoms with Gasteiger partial charge in [0.1, 0.15) is 12.7 Å². The third-order valence-electron chi connectivity index (χ3n) is 0.534. The molecular formula is C5H12N4. The molecule has 4 heteroatoms. The van der Waals surface area contributed by atoms with Gasteiger partial charge in [-0.25, -0.2) is 4.98 Å². The zero-order valence-electron chi connectivity index (χ0n) is 6.00. The van der Waals surface area contributed by atoms with Crippen molar-refractivity contribution in [1.29, 1.82) is 0 Å². The Labute approximate surface area is 54.9 Å². The smallest absolute Gasteiger partial charge is 0.137 e. The Morgan fingerprint density at radius 2 is 2.00 bits per heavy atom. The molecule has 1 heterocycles. The molecule has 1 N–H and O–H groups in total. The molecule has 1 aromatic rings. The summed E-state index contributed by atoms with van der Waals surface area (Å²) in [5.41, 5.74) is 0. The average Bonchev–Trinajstić information content (AvgIpc) is 2.20. The van der Waals surface area contributed by atoms with Gasteiger partial charge in [0.05, 0.1) is 0 Å². The van der Waals surface area contributed by atoms with E-state index in [0.717, 1.165) is 0 Å². The van der Waals surface area contributed by atoms with Gasteiger partial charge in [0.25, 0.3) is 0 Å². The van der Waals surface area contributed by atoms with Crippen LogP contribution in [-0.4, -0.2) is 28.9 Å². The Morgan fingerprint density at radius 1 is 1.44 bits per heavy atom. The molecule has 0 unspecified atom stereocenters. The number of rotatable bonds is 0. The van der Waals surface area contributed by atoms with E-state index in [1.165, 1.54) is 6.33 Å².